The standard InChI is InChI=1S/C18H21N3O5S/c1-12(14-3-5-15(6-4-14)27(19,23)24)21-18(22)20-11-13-2-7-16-17(10-13)26-9-8-25-16/h2-7,10,12H,8-9,11H2,1H3,(H2,19,23,24)(H2,20,21,22). The van der Waals surface area contributed by atoms with E-state index in [2.05, 4.69) is 10.6 Å². The molecule has 2 amide bonds. The third kappa shape index (κ3) is 4.89. The number of hydrogen-bond acceptors (Lipinski definition) is 5. The van der Waals surface area contributed by atoms with Gasteiger partial charge in [0.2, 0.25) is 10.0 Å². The molecular weight excluding hydrogens is 370 g/mol. The fraction of sp³-hybridized carbons (Fsp3) is 0.278. The van der Waals surface area contributed by atoms with Crippen LogP contribution in [0.15, 0.2) is 47.4 Å². The molecule has 3 rings (SSSR count). The molecule has 0 aliphatic carbocycles. The fourth-order valence-electron chi connectivity index (χ4n) is 2.66. The number of nitrogens with two attached hydrogens (primary N) is 1. The van der Waals surface area contributed by atoms with Crippen LogP contribution in [-0.2, 0) is 16.6 Å². The van der Waals surface area contributed by atoms with Crippen molar-refractivity contribution in [2.24, 2.45) is 5.14 Å². The quantitative estimate of drug-likeness (QED) is 0.716. The molecule has 1 heterocycles. The van der Waals surface area contributed by atoms with Crippen molar-refractivity contribution in [3.05, 3.63) is 53.6 Å². The summed E-state index contributed by atoms with van der Waals surface area (Å²) in [5.41, 5.74) is 1.65. The Kier molecular flexibility index (Phi) is 5.52. The number of hydrogen-bond donors (Lipinski definition) is 3. The number of rotatable bonds is 5. The van der Waals surface area contributed by atoms with Crippen molar-refractivity contribution in [3.8, 4) is 11.5 Å². The molecule has 2 aromatic rings. The zero-order valence-electron chi connectivity index (χ0n) is 14.8. The van der Waals surface area contributed by atoms with Gasteiger partial charge in [0.25, 0.3) is 0 Å². The first kappa shape index (κ1) is 19.0. The molecule has 0 bridgehead atoms. The average molecular weight is 391 g/mol. The van der Waals surface area contributed by atoms with Crippen molar-refractivity contribution in [1.82, 2.24) is 10.6 Å². The van der Waals surface area contributed by atoms with Crippen LogP contribution >= 0.6 is 0 Å². The molecule has 0 aromatic heterocycles. The topological polar surface area (TPSA) is 120 Å². The van der Waals surface area contributed by atoms with Gasteiger partial charge in [-0.15, -0.1) is 0 Å². The molecule has 0 saturated heterocycles. The Morgan fingerprint density at radius 3 is 2.44 bits per heavy atom. The minimum absolute atomic E-state index is 0.0292. The number of sulfonamides is 1. The normalized spacial score (nSPS) is 14.3. The monoisotopic (exact) mass is 391 g/mol. The lowest BCUT2D eigenvalue weighted by atomic mass is 10.1. The summed E-state index contributed by atoms with van der Waals surface area (Å²) in [7, 11) is -3.73. The number of urea groups is 1. The number of nitrogens with one attached hydrogen (secondary N) is 2. The molecule has 0 fully saturated rings. The second-order valence-corrected chi connectivity index (χ2v) is 7.70. The lowest BCUT2D eigenvalue weighted by molar-refractivity contribution is 0.171. The molecule has 1 aliphatic heterocycles. The Balaban J connectivity index is 1.54. The average Bonchev–Trinajstić information content (AvgIpc) is 2.65. The largest absolute Gasteiger partial charge is 0.486 e. The van der Waals surface area contributed by atoms with E-state index in [0.717, 1.165) is 11.1 Å². The van der Waals surface area contributed by atoms with E-state index in [0.29, 0.717) is 31.3 Å². The molecule has 1 atom stereocenters. The van der Waals surface area contributed by atoms with Gasteiger partial charge >= 0.3 is 6.03 Å². The summed E-state index contributed by atoms with van der Waals surface area (Å²) in [6.07, 6.45) is 0. The zero-order valence-corrected chi connectivity index (χ0v) is 15.6. The van der Waals surface area contributed by atoms with Gasteiger partial charge in [0, 0.05) is 6.54 Å². The van der Waals surface area contributed by atoms with Gasteiger partial charge in [0.05, 0.1) is 10.9 Å². The maximum atomic E-state index is 12.1. The van der Waals surface area contributed by atoms with Crippen LogP contribution in [0.25, 0.3) is 0 Å². The van der Waals surface area contributed by atoms with Crippen LogP contribution in [-0.4, -0.2) is 27.7 Å². The van der Waals surface area contributed by atoms with Gasteiger partial charge in [-0.05, 0) is 42.3 Å². The molecule has 144 valence electrons. The second-order valence-electron chi connectivity index (χ2n) is 6.14. The molecule has 8 nitrogen and oxygen atoms in total. The van der Waals surface area contributed by atoms with E-state index in [-0.39, 0.29) is 17.0 Å². The highest BCUT2D eigenvalue weighted by molar-refractivity contribution is 7.89. The van der Waals surface area contributed by atoms with Crippen LogP contribution in [0.4, 0.5) is 4.79 Å². The number of benzene rings is 2. The maximum Gasteiger partial charge on any atom is 0.315 e. The van der Waals surface area contributed by atoms with Crippen molar-refractivity contribution in [1.29, 1.82) is 0 Å². The SMILES string of the molecule is CC(NC(=O)NCc1ccc2c(c1)OCCO2)c1ccc(S(N)(=O)=O)cc1. The lowest BCUT2D eigenvalue weighted by Gasteiger charge is -2.19. The predicted octanol–water partition coefficient (Wildman–Crippen LogP) is 1.67. The summed E-state index contributed by atoms with van der Waals surface area (Å²) in [6.45, 7) is 3.17. The molecule has 9 heteroatoms. The highest BCUT2D eigenvalue weighted by atomic mass is 32.2. The number of carbonyl (C=O) groups is 1. The smallest absolute Gasteiger partial charge is 0.315 e. The first-order chi connectivity index (χ1) is 12.8. The molecule has 0 radical (unpaired) electrons. The molecule has 1 aliphatic rings. The third-order valence-electron chi connectivity index (χ3n) is 4.12. The minimum Gasteiger partial charge on any atom is -0.486 e. The Morgan fingerprint density at radius 2 is 1.78 bits per heavy atom. The fourth-order valence-corrected chi connectivity index (χ4v) is 3.17. The molecule has 0 spiro atoms. The number of fused-ring (bicyclic) bond motifs is 1. The molecular formula is C18H21N3O5S. The Labute approximate surface area is 157 Å². The van der Waals surface area contributed by atoms with Gasteiger partial charge in [-0.25, -0.2) is 18.4 Å². The molecule has 27 heavy (non-hydrogen) atoms. The third-order valence-corrected chi connectivity index (χ3v) is 5.05. The first-order valence-corrected chi connectivity index (χ1v) is 9.93. The maximum absolute atomic E-state index is 12.1. The van der Waals surface area contributed by atoms with Crippen molar-refractivity contribution >= 4 is 16.1 Å². The zero-order chi connectivity index (χ0) is 19.4. The van der Waals surface area contributed by atoms with Gasteiger partial charge in [-0.2, -0.15) is 0 Å². The van der Waals surface area contributed by atoms with E-state index < -0.39 is 10.0 Å². The van der Waals surface area contributed by atoms with Crippen molar-refractivity contribution in [2.45, 2.75) is 24.4 Å². The number of amides is 2. The Bertz CT molecular complexity index is 929. The molecule has 1 unspecified atom stereocenters. The van der Waals surface area contributed by atoms with E-state index in [9.17, 15) is 13.2 Å². The number of ether oxygens (including phenoxy) is 2. The van der Waals surface area contributed by atoms with Crippen LogP contribution in [0, 0.1) is 0 Å². The predicted molar refractivity (Wildman–Crippen MR) is 99.0 cm³/mol. The summed E-state index contributed by atoms with van der Waals surface area (Å²) >= 11 is 0. The van der Waals surface area contributed by atoms with E-state index >= 15 is 0 Å². The van der Waals surface area contributed by atoms with E-state index in [1.165, 1.54) is 12.1 Å². The van der Waals surface area contributed by atoms with Crippen LogP contribution in [0.1, 0.15) is 24.1 Å². The highest BCUT2D eigenvalue weighted by Gasteiger charge is 2.14. The summed E-state index contributed by atoms with van der Waals surface area (Å²) in [6, 6.07) is 10.9. The van der Waals surface area contributed by atoms with Crippen molar-refractivity contribution < 1.29 is 22.7 Å². The first-order valence-electron chi connectivity index (χ1n) is 8.38. The van der Waals surface area contributed by atoms with Crippen molar-refractivity contribution in [3.63, 3.8) is 0 Å². The summed E-state index contributed by atoms with van der Waals surface area (Å²) in [5, 5.41) is 10.7. The van der Waals surface area contributed by atoms with E-state index in [4.69, 9.17) is 14.6 Å². The Morgan fingerprint density at radius 1 is 1.11 bits per heavy atom. The van der Waals surface area contributed by atoms with Gasteiger partial charge < -0.3 is 20.1 Å². The number of primary sulfonamides is 1. The van der Waals surface area contributed by atoms with Gasteiger partial charge in [0.1, 0.15) is 13.2 Å². The summed E-state index contributed by atoms with van der Waals surface area (Å²) < 4.78 is 33.6. The molecule has 0 saturated carbocycles. The van der Waals surface area contributed by atoms with Crippen LogP contribution in [0.3, 0.4) is 0 Å². The van der Waals surface area contributed by atoms with Gasteiger partial charge in [-0.3, -0.25) is 0 Å². The lowest BCUT2D eigenvalue weighted by Crippen LogP contribution is -2.36. The van der Waals surface area contributed by atoms with Crippen LogP contribution < -0.4 is 25.2 Å². The second kappa shape index (κ2) is 7.85. The highest BCUT2D eigenvalue weighted by Crippen LogP contribution is 2.30. The van der Waals surface area contributed by atoms with Crippen molar-refractivity contribution in [2.75, 3.05) is 13.2 Å². The summed E-state index contributed by atoms with van der Waals surface area (Å²) in [4.78, 5) is 12.2. The summed E-state index contributed by atoms with van der Waals surface area (Å²) in [5.74, 6) is 1.37. The number of carbonyl (C=O) groups excluding carboxylic acids is 1. The molecule has 2 aromatic carbocycles. The van der Waals surface area contributed by atoms with E-state index in [1.807, 2.05) is 18.2 Å². The van der Waals surface area contributed by atoms with Crippen LogP contribution in [0.5, 0.6) is 11.5 Å². The van der Waals surface area contributed by atoms with Gasteiger partial charge in [0.15, 0.2) is 11.5 Å². The van der Waals surface area contributed by atoms with Gasteiger partial charge in [-0.1, -0.05) is 18.2 Å². The van der Waals surface area contributed by atoms with Crippen LogP contribution in [0.2, 0.25) is 0 Å². The van der Waals surface area contributed by atoms with E-state index in [1.54, 1.807) is 19.1 Å². The Hall–Kier alpha value is -2.78. The molecule has 4 N–H and O–H groups in total. The minimum atomic E-state index is -3.73.